The van der Waals surface area contributed by atoms with Crippen LogP contribution < -0.4 is 0 Å². The van der Waals surface area contributed by atoms with E-state index in [1.807, 2.05) is 12.1 Å². The lowest BCUT2D eigenvalue weighted by molar-refractivity contribution is 0.628. The van der Waals surface area contributed by atoms with Crippen molar-refractivity contribution in [2.45, 2.75) is 0 Å². The van der Waals surface area contributed by atoms with Gasteiger partial charge in [0.15, 0.2) is 0 Å². The van der Waals surface area contributed by atoms with Gasteiger partial charge in [-0.25, -0.2) is 4.39 Å². The molecule has 0 atom stereocenters. The van der Waals surface area contributed by atoms with Gasteiger partial charge in [-0.3, -0.25) is 0 Å². The maximum Gasteiger partial charge on any atom is 0.141 e. The van der Waals surface area contributed by atoms with E-state index in [-0.39, 0.29) is 5.02 Å². The molecule has 0 aliphatic rings. The van der Waals surface area contributed by atoms with Crippen molar-refractivity contribution in [3.8, 4) is 11.3 Å². The predicted molar refractivity (Wildman–Crippen MR) is 62.0 cm³/mol. The molecular weight excluding hydrogens is 233 g/mol. The summed E-state index contributed by atoms with van der Waals surface area (Å²) in [5.74, 6) is -0.421. The third kappa shape index (κ3) is 2.25. The van der Waals surface area contributed by atoms with E-state index in [1.165, 1.54) is 6.07 Å². The van der Waals surface area contributed by atoms with Crippen LogP contribution in [0.15, 0.2) is 36.4 Å². The molecule has 0 aliphatic carbocycles. The third-order valence-electron chi connectivity index (χ3n) is 2.00. The number of H-pyrrole nitrogens is 1. The molecule has 15 heavy (non-hydrogen) atoms. The molecule has 0 aliphatic heterocycles. The second-order valence-electron chi connectivity index (χ2n) is 3.06. The van der Waals surface area contributed by atoms with Crippen molar-refractivity contribution >= 4 is 23.8 Å². The van der Waals surface area contributed by atoms with E-state index in [0.29, 0.717) is 4.64 Å². The van der Waals surface area contributed by atoms with Crippen molar-refractivity contribution in [3.63, 3.8) is 0 Å². The Labute approximate surface area is 96.5 Å². The average Bonchev–Trinajstić information content (AvgIpc) is 2.22. The molecule has 1 N–H and O–H groups in total. The van der Waals surface area contributed by atoms with E-state index >= 15 is 0 Å². The number of hydrogen-bond donors (Lipinski definition) is 1. The zero-order chi connectivity index (χ0) is 10.8. The number of nitrogens with one attached hydrogen (secondary N) is 1. The summed E-state index contributed by atoms with van der Waals surface area (Å²) in [6.45, 7) is 0. The molecular formula is C11H7ClFNS. The first-order valence-corrected chi connectivity index (χ1v) is 5.10. The van der Waals surface area contributed by atoms with Crippen LogP contribution in [0.25, 0.3) is 11.3 Å². The number of pyridine rings is 1. The fourth-order valence-corrected chi connectivity index (χ4v) is 1.65. The molecule has 4 heteroatoms. The Hall–Kier alpha value is -1.19. The molecule has 2 aromatic rings. The van der Waals surface area contributed by atoms with E-state index in [9.17, 15) is 4.39 Å². The lowest BCUT2D eigenvalue weighted by Gasteiger charge is -2.02. The van der Waals surface area contributed by atoms with E-state index in [4.69, 9.17) is 23.8 Å². The molecule has 0 radical (unpaired) electrons. The highest BCUT2D eigenvalue weighted by molar-refractivity contribution is 7.71. The summed E-state index contributed by atoms with van der Waals surface area (Å²) in [6.07, 6.45) is 0. The number of aromatic nitrogens is 1. The SMILES string of the molecule is Fc1ccc(-c2cccc(=S)[nH]2)cc1Cl. The van der Waals surface area contributed by atoms with Crippen molar-refractivity contribution in [2.75, 3.05) is 0 Å². The van der Waals surface area contributed by atoms with Gasteiger partial charge in [-0.2, -0.15) is 0 Å². The summed E-state index contributed by atoms with van der Waals surface area (Å²) >= 11 is 10.7. The van der Waals surface area contributed by atoms with Crippen molar-refractivity contribution in [3.05, 3.63) is 51.9 Å². The smallest absolute Gasteiger partial charge is 0.141 e. The Balaban J connectivity index is 2.55. The summed E-state index contributed by atoms with van der Waals surface area (Å²) in [6, 6.07) is 10.0. The Kier molecular flexibility index (Phi) is 2.84. The van der Waals surface area contributed by atoms with E-state index in [2.05, 4.69) is 4.98 Å². The fourth-order valence-electron chi connectivity index (χ4n) is 1.28. The van der Waals surface area contributed by atoms with Gasteiger partial charge in [0, 0.05) is 5.69 Å². The maximum absolute atomic E-state index is 12.9. The normalized spacial score (nSPS) is 10.3. The molecule has 0 saturated heterocycles. The number of halogens is 2. The Bertz CT molecular complexity index is 550. The van der Waals surface area contributed by atoms with Gasteiger partial charge in [0.25, 0.3) is 0 Å². The standard InChI is InChI=1S/C11H7ClFNS/c12-8-6-7(4-5-9(8)13)10-2-1-3-11(15)14-10/h1-6H,(H,14,15). The van der Waals surface area contributed by atoms with Crippen LogP contribution in [0, 0.1) is 10.5 Å². The fraction of sp³-hybridized carbons (Fsp3) is 0. The first kappa shape index (κ1) is 10.3. The molecule has 0 unspecified atom stereocenters. The van der Waals surface area contributed by atoms with Crippen LogP contribution >= 0.6 is 23.8 Å². The minimum atomic E-state index is -0.421. The Morgan fingerprint density at radius 2 is 2.00 bits per heavy atom. The molecule has 0 amide bonds. The van der Waals surface area contributed by atoms with Crippen LogP contribution in [0.4, 0.5) is 4.39 Å². The minimum absolute atomic E-state index is 0.107. The molecule has 0 bridgehead atoms. The molecule has 0 spiro atoms. The van der Waals surface area contributed by atoms with Crippen molar-refractivity contribution in [1.29, 1.82) is 0 Å². The van der Waals surface area contributed by atoms with Crippen LogP contribution in [0.1, 0.15) is 0 Å². The Morgan fingerprint density at radius 1 is 1.20 bits per heavy atom. The number of aromatic amines is 1. The lowest BCUT2D eigenvalue weighted by Crippen LogP contribution is -1.84. The minimum Gasteiger partial charge on any atom is -0.346 e. The second kappa shape index (κ2) is 4.13. The third-order valence-corrected chi connectivity index (χ3v) is 2.53. The predicted octanol–water partition coefficient (Wildman–Crippen LogP) is 4.20. The zero-order valence-corrected chi connectivity index (χ0v) is 9.20. The van der Waals surface area contributed by atoms with Gasteiger partial charge in [0.1, 0.15) is 10.5 Å². The quantitative estimate of drug-likeness (QED) is 0.738. The number of rotatable bonds is 1. The van der Waals surface area contributed by atoms with Crippen LogP contribution in [0.3, 0.4) is 0 Å². The average molecular weight is 240 g/mol. The number of benzene rings is 1. The summed E-state index contributed by atoms with van der Waals surface area (Å²) in [5, 5.41) is 0.107. The van der Waals surface area contributed by atoms with Crippen LogP contribution in [-0.2, 0) is 0 Å². The van der Waals surface area contributed by atoms with E-state index in [0.717, 1.165) is 11.3 Å². The van der Waals surface area contributed by atoms with Crippen LogP contribution in [-0.4, -0.2) is 4.98 Å². The van der Waals surface area contributed by atoms with Gasteiger partial charge < -0.3 is 4.98 Å². The lowest BCUT2D eigenvalue weighted by atomic mass is 10.1. The van der Waals surface area contributed by atoms with Gasteiger partial charge in [0.05, 0.1) is 5.02 Å². The van der Waals surface area contributed by atoms with Gasteiger partial charge in [-0.15, -0.1) is 0 Å². The second-order valence-corrected chi connectivity index (χ2v) is 3.90. The van der Waals surface area contributed by atoms with Crippen molar-refractivity contribution in [2.24, 2.45) is 0 Å². The Morgan fingerprint density at radius 3 is 2.67 bits per heavy atom. The highest BCUT2D eigenvalue weighted by Crippen LogP contribution is 2.23. The molecule has 2 rings (SSSR count). The molecule has 0 saturated carbocycles. The van der Waals surface area contributed by atoms with Crippen LogP contribution in [0.5, 0.6) is 0 Å². The molecule has 0 fully saturated rings. The molecule has 1 aromatic heterocycles. The summed E-state index contributed by atoms with van der Waals surface area (Å²) in [7, 11) is 0. The maximum atomic E-state index is 12.9. The molecule has 1 nitrogen and oxygen atoms in total. The van der Waals surface area contributed by atoms with Gasteiger partial charge in [-0.05, 0) is 35.9 Å². The van der Waals surface area contributed by atoms with E-state index < -0.39 is 5.82 Å². The molecule has 1 aromatic carbocycles. The molecule has 76 valence electrons. The van der Waals surface area contributed by atoms with Crippen molar-refractivity contribution in [1.82, 2.24) is 4.98 Å². The highest BCUT2D eigenvalue weighted by atomic mass is 35.5. The van der Waals surface area contributed by atoms with Crippen LogP contribution in [0.2, 0.25) is 5.02 Å². The van der Waals surface area contributed by atoms with E-state index in [1.54, 1.807) is 18.2 Å². The van der Waals surface area contributed by atoms with Gasteiger partial charge in [0.2, 0.25) is 0 Å². The largest absolute Gasteiger partial charge is 0.346 e. The number of hydrogen-bond acceptors (Lipinski definition) is 1. The summed E-state index contributed by atoms with van der Waals surface area (Å²) in [4.78, 5) is 3.00. The van der Waals surface area contributed by atoms with Gasteiger partial charge >= 0.3 is 0 Å². The first-order valence-electron chi connectivity index (χ1n) is 4.31. The molecule has 1 heterocycles. The van der Waals surface area contributed by atoms with Crippen molar-refractivity contribution < 1.29 is 4.39 Å². The highest BCUT2D eigenvalue weighted by Gasteiger charge is 2.02. The topological polar surface area (TPSA) is 15.8 Å². The summed E-state index contributed by atoms with van der Waals surface area (Å²) in [5.41, 5.74) is 1.64. The first-order chi connectivity index (χ1) is 7.16. The monoisotopic (exact) mass is 239 g/mol. The van der Waals surface area contributed by atoms with Gasteiger partial charge in [-0.1, -0.05) is 29.9 Å². The zero-order valence-electron chi connectivity index (χ0n) is 7.63. The summed E-state index contributed by atoms with van der Waals surface area (Å²) < 4.78 is 13.6.